The minimum absolute atomic E-state index is 0.102. The quantitative estimate of drug-likeness (QED) is 0.738. The van der Waals surface area contributed by atoms with Crippen LogP contribution in [-0.2, 0) is 4.74 Å². The highest BCUT2D eigenvalue weighted by Crippen LogP contribution is 2.45. The zero-order valence-electron chi connectivity index (χ0n) is 11.5. The SMILES string of the molecule is COC(=O)N1CCC2(CCSN2c2cnccn2)CC1. The first-order valence-electron chi connectivity index (χ1n) is 6.77. The topological polar surface area (TPSA) is 58.6 Å². The fourth-order valence-corrected chi connectivity index (χ4v) is 4.39. The maximum Gasteiger partial charge on any atom is 0.409 e. The van der Waals surface area contributed by atoms with Crippen LogP contribution in [-0.4, -0.2) is 52.5 Å². The summed E-state index contributed by atoms with van der Waals surface area (Å²) in [5, 5.41) is 0. The molecule has 3 heterocycles. The normalized spacial score (nSPS) is 21.2. The third-order valence-corrected chi connectivity index (χ3v) is 5.32. The Balaban J connectivity index is 1.75. The van der Waals surface area contributed by atoms with Crippen molar-refractivity contribution in [1.29, 1.82) is 0 Å². The summed E-state index contributed by atoms with van der Waals surface area (Å²) in [5.74, 6) is 2.01. The summed E-state index contributed by atoms with van der Waals surface area (Å²) in [6.45, 7) is 1.48. The molecule has 2 fully saturated rings. The van der Waals surface area contributed by atoms with Crippen LogP contribution in [0.25, 0.3) is 0 Å². The Bertz CT molecular complexity index is 477. The second-order valence-electron chi connectivity index (χ2n) is 5.12. The van der Waals surface area contributed by atoms with Crippen LogP contribution >= 0.6 is 11.9 Å². The lowest BCUT2D eigenvalue weighted by Crippen LogP contribution is -2.52. The lowest BCUT2D eigenvalue weighted by atomic mass is 9.85. The molecule has 0 aliphatic carbocycles. The molecule has 20 heavy (non-hydrogen) atoms. The summed E-state index contributed by atoms with van der Waals surface area (Å²) >= 11 is 1.81. The number of carbonyl (C=O) groups is 1. The molecule has 1 spiro atoms. The number of nitrogens with zero attached hydrogens (tertiary/aromatic N) is 4. The van der Waals surface area contributed by atoms with Crippen LogP contribution in [0.15, 0.2) is 18.6 Å². The van der Waals surface area contributed by atoms with Crippen LogP contribution in [0, 0.1) is 0 Å². The van der Waals surface area contributed by atoms with Crippen molar-refractivity contribution in [3.05, 3.63) is 18.6 Å². The molecule has 7 heteroatoms. The summed E-state index contributed by atoms with van der Waals surface area (Å²) in [6, 6.07) is 0. The molecule has 3 rings (SSSR count). The minimum atomic E-state index is -0.225. The van der Waals surface area contributed by atoms with Gasteiger partial charge in [0.15, 0.2) is 5.82 Å². The summed E-state index contributed by atoms with van der Waals surface area (Å²) in [5.41, 5.74) is 0.102. The number of hydrogen-bond donors (Lipinski definition) is 0. The number of piperidine rings is 1. The molecule has 2 aliphatic heterocycles. The van der Waals surface area contributed by atoms with Crippen molar-refractivity contribution < 1.29 is 9.53 Å². The first-order chi connectivity index (χ1) is 9.75. The third kappa shape index (κ3) is 2.30. The number of methoxy groups -OCH3 is 1. The molecule has 108 valence electrons. The first-order valence-corrected chi connectivity index (χ1v) is 7.71. The van der Waals surface area contributed by atoms with Crippen molar-refractivity contribution in [3.63, 3.8) is 0 Å². The smallest absolute Gasteiger partial charge is 0.409 e. The number of amides is 1. The van der Waals surface area contributed by atoms with Crippen molar-refractivity contribution in [2.24, 2.45) is 0 Å². The molecule has 0 atom stereocenters. The molecule has 2 aliphatic rings. The number of likely N-dealkylation sites (tertiary alicyclic amines) is 1. The monoisotopic (exact) mass is 294 g/mol. The Labute approximate surface area is 122 Å². The maximum atomic E-state index is 11.6. The molecular weight excluding hydrogens is 276 g/mol. The van der Waals surface area contributed by atoms with Gasteiger partial charge >= 0.3 is 6.09 Å². The van der Waals surface area contributed by atoms with Gasteiger partial charge in [0.1, 0.15) is 0 Å². The zero-order valence-corrected chi connectivity index (χ0v) is 12.3. The van der Waals surface area contributed by atoms with Crippen LogP contribution in [0.3, 0.4) is 0 Å². The van der Waals surface area contributed by atoms with Gasteiger partial charge in [0.25, 0.3) is 0 Å². The Morgan fingerprint density at radius 1 is 1.35 bits per heavy atom. The van der Waals surface area contributed by atoms with E-state index in [9.17, 15) is 4.79 Å². The Morgan fingerprint density at radius 2 is 2.15 bits per heavy atom. The highest BCUT2D eigenvalue weighted by molar-refractivity contribution is 8.01. The van der Waals surface area contributed by atoms with E-state index in [0.29, 0.717) is 0 Å². The van der Waals surface area contributed by atoms with E-state index in [4.69, 9.17) is 4.74 Å². The van der Waals surface area contributed by atoms with E-state index >= 15 is 0 Å². The average molecular weight is 294 g/mol. The lowest BCUT2D eigenvalue weighted by molar-refractivity contribution is 0.102. The van der Waals surface area contributed by atoms with Gasteiger partial charge < -0.3 is 9.64 Å². The predicted octanol–water partition coefficient (Wildman–Crippen LogP) is 1.94. The van der Waals surface area contributed by atoms with Gasteiger partial charge in [-0.25, -0.2) is 9.78 Å². The molecule has 0 aromatic carbocycles. The molecule has 0 N–H and O–H groups in total. The van der Waals surface area contributed by atoms with E-state index in [-0.39, 0.29) is 11.6 Å². The van der Waals surface area contributed by atoms with E-state index in [1.807, 2.05) is 18.1 Å². The molecule has 6 nitrogen and oxygen atoms in total. The van der Waals surface area contributed by atoms with Crippen LogP contribution in [0.2, 0.25) is 0 Å². The number of ether oxygens (including phenoxy) is 1. The summed E-state index contributed by atoms with van der Waals surface area (Å²) in [4.78, 5) is 21.9. The summed E-state index contributed by atoms with van der Waals surface area (Å²) in [7, 11) is 1.43. The minimum Gasteiger partial charge on any atom is -0.453 e. The predicted molar refractivity (Wildman–Crippen MR) is 77.5 cm³/mol. The van der Waals surface area contributed by atoms with Crippen LogP contribution in [0.4, 0.5) is 10.6 Å². The Hall–Kier alpha value is -1.50. The van der Waals surface area contributed by atoms with E-state index in [1.54, 1.807) is 17.3 Å². The van der Waals surface area contributed by atoms with Gasteiger partial charge in [-0.3, -0.25) is 9.29 Å². The Morgan fingerprint density at radius 3 is 2.80 bits per heavy atom. The number of anilines is 1. The molecule has 2 saturated heterocycles. The van der Waals surface area contributed by atoms with Crippen molar-refractivity contribution in [3.8, 4) is 0 Å². The van der Waals surface area contributed by atoms with Gasteiger partial charge in [-0.15, -0.1) is 0 Å². The van der Waals surface area contributed by atoms with Gasteiger partial charge in [-0.2, -0.15) is 0 Å². The second kappa shape index (κ2) is 5.47. The lowest BCUT2D eigenvalue weighted by Gasteiger charge is -2.43. The third-order valence-electron chi connectivity index (χ3n) is 4.10. The highest BCUT2D eigenvalue weighted by atomic mass is 32.2. The number of hydrogen-bond acceptors (Lipinski definition) is 6. The van der Waals surface area contributed by atoms with E-state index in [0.717, 1.165) is 43.9 Å². The molecule has 0 unspecified atom stereocenters. The average Bonchev–Trinajstić information content (AvgIpc) is 2.91. The van der Waals surface area contributed by atoms with Gasteiger partial charge in [-0.05, 0) is 31.2 Å². The summed E-state index contributed by atoms with van der Waals surface area (Å²) in [6.07, 6.45) is 8.03. The maximum absolute atomic E-state index is 11.6. The highest BCUT2D eigenvalue weighted by Gasteiger charge is 2.45. The number of rotatable bonds is 1. The first kappa shape index (κ1) is 13.5. The molecular formula is C13H18N4O2S. The molecule has 0 bridgehead atoms. The van der Waals surface area contributed by atoms with E-state index in [2.05, 4.69) is 14.3 Å². The second-order valence-corrected chi connectivity index (χ2v) is 6.15. The van der Waals surface area contributed by atoms with Gasteiger partial charge in [0.2, 0.25) is 0 Å². The fraction of sp³-hybridized carbons (Fsp3) is 0.615. The Kier molecular flexibility index (Phi) is 3.69. The van der Waals surface area contributed by atoms with Crippen LogP contribution < -0.4 is 4.31 Å². The molecule has 0 radical (unpaired) electrons. The van der Waals surface area contributed by atoms with Crippen molar-refractivity contribution in [2.75, 3.05) is 30.3 Å². The number of aromatic nitrogens is 2. The standard InChI is InChI=1S/C13H18N4O2S/c1-19-12(18)16-7-2-13(3-8-16)4-9-20-17(13)11-10-14-5-6-15-11/h5-6,10H,2-4,7-9H2,1H3. The van der Waals surface area contributed by atoms with Crippen LogP contribution in [0.5, 0.6) is 0 Å². The van der Waals surface area contributed by atoms with Gasteiger partial charge in [0.05, 0.1) is 18.8 Å². The van der Waals surface area contributed by atoms with Crippen molar-refractivity contribution in [1.82, 2.24) is 14.9 Å². The van der Waals surface area contributed by atoms with Crippen molar-refractivity contribution in [2.45, 2.75) is 24.8 Å². The molecule has 1 amide bonds. The molecule has 1 aromatic heterocycles. The van der Waals surface area contributed by atoms with E-state index in [1.165, 1.54) is 7.11 Å². The summed E-state index contributed by atoms with van der Waals surface area (Å²) < 4.78 is 7.10. The van der Waals surface area contributed by atoms with Gasteiger partial charge in [-0.1, -0.05) is 0 Å². The van der Waals surface area contributed by atoms with Crippen molar-refractivity contribution >= 4 is 23.9 Å². The fourth-order valence-electron chi connectivity index (χ4n) is 2.96. The largest absolute Gasteiger partial charge is 0.453 e. The van der Waals surface area contributed by atoms with Crippen LogP contribution in [0.1, 0.15) is 19.3 Å². The molecule has 0 saturated carbocycles. The zero-order chi connectivity index (χ0) is 14.0. The number of carbonyl (C=O) groups excluding carboxylic acids is 1. The van der Waals surface area contributed by atoms with E-state index < -0.39 is 0 Å². The van der Waals surface area contributed by atoms with Gasteiger partial charge in [0, 0.05) is 31.2 Å². The molecule has 1 aromatic rings.